The van der Waals surface area contributed by atoms with E-state index >= 15 is 0 Å². The van der Waals surface area contributed by atoms with Gasteiger partial charge >= 0.3 is 5.97 Å². The van der Waals surface area contributed by atoms with Gasteiger partial charge < -0.3 is 10.5 Å². The maximum absolute atomic E-state index is 11.1. The monoisotopic (exact) mass is 173 g/mol. The van der Waals surface area contributed by atoms with E-state index < -0.39 is 6.04 Å². The van der Waals surface area contributed by atoms with Crippen LogP contribution in [0.3, 0.4) is 0 Å². The predicted octanol–water partition coefficient (Wildman–Crippen LogP) is 1.31. The molecule has 0 unspecified atom stereocenters. The standard InChI is InChI=1S/C9H19NO2/c1-4-5-12-9(11)8(10)6-7(2)3/h7-8H,4-6,10H2,1-3H3/t8-/m1/s1. The van der Waals surface area contributed by atoms with Gasteiger partial charge in [0.25, 0.3) is 0 Å². The zero-order valence-corrected chi connectivity index (χ0v) is 8.17. The van der Waals surface area contributed by atoms with Crippen LogP contribution in [0.1, 0.15) is 33.6 Å². The number of hydrogen-bond donors (Lipinski definition) is 1. The second-order valence-electron chi connectivity index (χ2n) is 3.40. The SMILES string of the molecule is CCCOC(=O)[C@H](N)CC(C)C. The molecule has 0 aliphatic heterocycles. The van der Waals surface area contributed by atoms with Crippen LogP contribution in [-0.4, -0.2) is 18.6 Å². The number of hydrogen-bond acceptors (Lipinski definition) is 3. The minimum absolute atomic E-state index is 0.273. The van der Waals surface area contributed by atoms with Crippen LogP contribution in [0.15, 0.2) is 0 Å². The molecule has 0 aromatic carbocycles. The van der Waals surface area contributed by atoms with Gasteiger partial charge in [0.1, 0.15) is 6.04 Å². The van der Waals surface area contributed by atoms with Gasteiger partial charge in [0, 0.05) is 0 Å². The fourth-order valence-corrected chi connectivity index (χ4v) is 0.914. The quantitative estimate of drug-likeness (QED) is 0.638. The van der Waals surface area contributed by atoms with Crippen LogP contribution < -0.4 is 5.73 Å². The Labute approximate surface area is 74.3 Å². The Morgan fingerprint density at radius 3 is 2.50 bits per heavy atom. The first-order valence-corrected chi connectivity index (χ1v) is 4.50. The molecule has 3 nitrogen and oxygen atoms in total. The van der Waals surface area contributed by atoms with Gasteiger partial charge in [-0.1, -0.05) is 20.8 Å². The van der Waals surface area contributed by atoms with Crippen molar-refractivity contribution in [1.29, 1.82) is 0 Å². The number of ether oxygens (including phenoxy) is 1. The predicted molar refractivity (Wildman–Crippen MR) is 48.7 cm³/mol. The normalized spacial score (nSPS) is 13.1. The minimum Gasteiger partial charge on any atom is -0.465 e. The van der Waals surface area contributed by atoms with Crippen LogP contribution in [0.25, 0.3) is 0 Å². The first-order chi connectivity index (χ1) is 5.57. The molecule has 1 atom stereocenters. The highest BCUT2D eigenvalue weighted by atomic mass is 16.5. The Morgan fingerprint density at radius 1 is 1.50 bits per heavy atom. The zero-order valence-electron chi connectivity index (χ0n) is 8.17. The zero-order chi connectivity index (χ0) is 9.56. The summed E-state index contributed by atoms with van der Waals surface area (Å²) < 4.78 is 4.89. The van der Waals surface area contributed by atoms with E-state index in [2.05, 4.69) is 0 Å². The van der Waals surface area contributed by atoms with E-state index in [1.807, 2.05) is 20.8 Å². The Bertz CT molecular complexity index is 134. The lowest BCUT2D eigenvalue weighted by Gasteiger charge is -2.12. The summed E-state index contributed by atoms with van der Waals surface area (Å²) in [6.07, 6.45) is 1.54. The van der Waals surface area contributed by atoms with E-state index in [4.69, 9.17) is 10.5 Å². The number of carbonyl (C=O) groups is 1. The van der Waals surface area contributed by atoms with Gasteiger partial charge in [-0.25, -0.2) is 0 Å². The van der Waals surface area contributed by atoms with Crippen molar-refractivity contribution in [2.45, 2.75) is 39.7 Å². The Balaban J connectivity index is 3.61. The number of rotatable bonds is 5. The molecule has 0 aliphatic rings. The minimum atomic E-state index is -0.448. The van der Waals surface area contributed by atoms with Crippen molar-refractivity contribution < 1.29 is 9.53 Å². The van der Waals surface area contributed by atoms with Gasteiger partial charge in [0.15, 0.2) is 0 Å². The van der Waals surface area contributed by atoms with Crippen LogP contribution in [0.2, 0.25) is 0 Å². The third-order valence-corrected chi connectivity index (χ3v) is 1.48. The molecular weight excluding hydrogens is 154 g/mol. The van der Waals surface area contributed by atoms with Crippen LogP contribution in [0, 0.1) is 5.92 Å². The van der Waals surface area contributed by atoms with E-state index in [9.17, 15) is 4.79 Å². The Hall–Kier alpha value is -0.570. The van der Waals surface area contributed by atoms with E-state index in [1.54, 1.807) is 0 Å². The highest BCUT2D eigenvalue weighted by molar-refractivity contribution is 5.75. The molecule has 0 amide bonds. The fourth-order valence-electron chi connectivity index (χ4n) is 0.914. The average Bonchev–Trinajstić information content (AvgIpc) is 1.98. The van der Waals surface area contributed by atoms with Crippen molar-refractivity contribution in [3.05, 3.63) is 0 Å². The van der Waals surface area contributed by atoms with E-state index in [1.165, 1.54) is 0 Å². The van der Waals surface area contributed by atoms with Crippen molar-refractivity contribution in [3.63, 3.8) is 0 Å². The largest absolute Gasteiger partial charge is 0.465 e. The molecule has 3 heteroatoms. The Morgan fingerprint density at radius 2 is 2.08 bits per heavy atom. The first kappa shape index (κ1) is 11.4. The van der Waals surface area contributed by atoms with Gasteiger partial charge in [-0.2, -0.15) is 0 Å². The number of nitrogens with two attached hydrogens (primary N) is 1. The van der Waals surface area contributed by atoms with Gasteiger partial charge in [0.2, 0.25) is 0 Å². The summed E-state index contributed by atoms with van der Waals surface area (Å²) in [5.41, 5.74) is 5.58. The van der Waals surface area contributed by atoms with Crippen molar-refractivity contribution >= 4 is 5.97 Å². The molecule has 0 aliphatic carbocycles. The molecule has 0 aromatic rings. The number of carbonyl (C=O) groups excluding carboxylic acids is 1. The van der Waals surface area contributed by atoms with Crippen LogP contribution in [0.4, 0.5) is 0 Å². The van der Waals surface area contributed by atoms with Crippen molar-refractivity contribution in [3.8, 4) is 0 Å². The summed E-state index contributed by atoms with van der Waals surface area (Å²) >= 11 is 0. The number of esters is 1. The summed E-state index contributed by atoms with van der Waals surface area (Å²) in [5, 5.41) is 0. The molecule has 0 spiro atoms. The third kappa shape index (κ3) is 5.13. The molecule has 12 heavy (non-hydrogen) atoms. The molecular formula is C9H19NO2. The van der Waals surface area contributed by atoms with Gasteiger partial charge in [0.05, 0.1) is 6.61 Å². The maximum Gasteiger partial charge on any atom is 0.322 e. The summed E-state index contributed by atoms with van der Waals surface area (Å²) in [5.74, 6) is 0.166. The molecule has 0 heterocycles. The lowest BCUT2D eigenvalue weighted by atomic mass is 10.1. The lowest BCUT2D eigenvalue weighted by Crippen LogP contribution is -2.33. The molecule has 0 rings (SSSR count). The topological polar surface area (TPSA) is 52.3 Å². The highest BCUT2D eigenvalue weighted by Gasteiger charge is 2.15. The summed E-state index contributed by atoms with van der Waals surface area (Å²) in [7, 11) is 0. The van der Waals surface area contributed by atoms with Crippen molar-refractivity contribution in [2.24, 2.45) is 11.7 Å². The summed E-state index contributed by atoms with van der Waals surface area (Å²) in [6, 6.07) is -0.448. The Kier molecular flexibility index (Phi) is 5.72. The van der Waals surface area contributed by atoms with Crippen molar-refractivity contribution in [2.75, 3.05) is 6.61 Å². The molecule has 72 valence electrons. The average molecular weight is 173 g/mol. The smallest absolute Gasteiger partial charge is 0.322 e. The second kappa shape index (κ2) is 6.00. The van der Waals surface area contributed by atoms with Crippen LogP contribution in [0.5, 0.6) is 0 Å². The summed E-state index contributed by atoms with van der Waals surface area (Å²) in [6.45, 7) is 6.51. The van der Waals surface area contributed by atoms with Crippen LogP contribution in [-0.2, 0) is 9.53 Å². The maximum atomic E-state index is 11.1. The first-order valence-electron chi connectivity index (χ1n) is 4.50. The van der Waals surface area contributed by atoms with Crippen LogP contribution >= 0.6 is 0 Å². The third-order valence-electron chi connectivity index (χ3n) is 1.48. The summed E-state index contributed by atoms with van der Waals surface area (Å²) in [4.78, 5) is 11.1. The van der Waals surface area contributed by atoms with Gasteiger partial charge in [-0.3, -0.25) is 4.79 Å². The molecule has 0 aromatic heterocycles. The molecule has 0 saturated carbocycles. The molecule has 0 fully saturated rings. The highest BCUT2D eigenvalue weighted by Crippen LogP contribution is 2.03. The lowest BCUT2D eigenvalue weighted by molar-refractivity contribution is -0.145. The van der Waals surface area contributed by atoms with Gasteiger partial charge in [-0.15, -0.1) is 0 Å². The molecule has 0 bridgehead atoms. The van der Waals surface area contributed by atoms with E-state index in [-0.39, 0.29) is 5.97 Å². The van der Waals surface area contributed by atoms with Gasteiger partial charge in [-0.05, 0) is 18.8 Å². The molecule has 0 radical (unpaired) electrons. The molecule has 0 saturated heterocycles. The van der Waals surface area contributed by atoms with E-state index in [0.717, 1.165) is 6.42 Å². The second-order valence-corrected chi connectivity index (χ2v) is 3.40. The van der Waals surface area contributed by atoms with E-state index in [0.29, 0.717) is 18.9 Å². The van der Waals surface area contributed by atoms with Crippen molar-refractivity contribution in [1.82, 2.24) is 0 Å². The fraction of sp³-hybridized carbons (Fsp3) is 0.889. The molecule has 2 N–H and O–H groups in total.